The number of guanidine groups is 1. The third-order valence-corrected chi connectivity index (χ3v) is 5.91. The van der Waals surface area contributed by atoms with Gasteiger partial charge in [-0.2, -0.15) is 0 Å². The maximum Gasteiger partial charge on any atom is 0.194 e. The third-order valence-electron chi connectivity index (χ3n) is 4.86. The smallest absolute Gasteiger partial charge is 0.194 e. The second-order valence-corrected chi connectivity index (χ2v) is 7.99. The number of nitrogens with one attached hydrogen (secondary N) is 1. The standard InChI is InChI=1S/C20H29FN6OS/c1-22-19(23-12-16-14-29-20(24-16)25(2)3)27-9-7-26(8-10-27)13-15-5-6-18(28-4)17(21)11-15/h5-6,11,14H,7-10,12-13H2,1-4H3,(H,22,23). The van der Waals surface area contributed by atoms with E-state index in [2.05, 4.69) is 30.5 Å². The summed E-state index contributed by atoms with van der Waals surface area (Å²) < 4.78 is 18.9. The summed E-state index contributed by atoms with van der Waals surface area (Å²) in [7, 11) is 7.28. The van der Waals surface area contributed by atoms with Gasteiger partial charge in [0.1, 0.15) is 0 Å². The molecule has 1 aromatic heterocycles. The number of piperazine rings is 1. The van der Waals surface area contributed by atoms with Crippen LogP contribution in [0.5, 0.6) is 5.75 Å². The number of anilines is 1. The molecule has 0 saturated carbocycles. The topological polar surface area (TPSA) is 56.2 Å². The van der Waals surface area contributed by atoms with Crippen molar-refractivity contribution in [3.63, 3.8) is 0 Å². The fraction of sp³-hybridized carbons (Fsp3) is 0.500. The number of ether oxygens (including phenoxy) is 1. The van der Waals surface area contributed by atoms with Crippen LogP contribution in [-0.2, 0) is 13.1 Å². The van der Waals surface area contributed by atoms with Crippen molar-refractivity contribution in [1.82, 2.24) is 20.1 Å². The Labute approximate surface area is 175 Å². The van der Waals surface area contributed by atoms with E-state index >= 15 is 0 Å². The average Bonchev–Trinajstić information content (AvgIpc) is 3.19. The first-order valence-electron chi connectivity index (χ1n) is 9.62. The minimum absolute atomic E-state index is 0.284. The van der Waals surface area contributed by atoms with Crippen LogP contribution in [0.2, 0.25) is 0 Å². The minimum atomic E-state index is -0.312. The molecule has 1 saturated heterocycles. The van der Waals surface area contributed by atoms with Gasteiger partial charge in [0.2, 0.25) is 0 Å². The number of thiazole rings is 1. The van der Waals surface area contributed by atoms with E-state index in [-0.39, 0.29) is 11.6 Å². The van der Waals surface area contributed by atoms with E-state index in [1.807, 2.05) is 25.1 Å². The molecule has 29 heavy (non-hydrogen) atoms. The molecule has 1 aromatic carbocycles. The van der Waals surface area contributed by atoms with Gasteiger partial charge in [0.15, 0.2) is 22.7 Å². The maximum absolute atomic E-state index is 13.9. The molecule has 1 fully saturated rings. The average molecular weight is 421 g/mol. The number of hydrogen-bond acceptors (Lipinski definition) is 6. The number of benzene rings is 1. The monoisotopic (exact) mass is 420 g/mol. The van der Waals surface area contributed by atoms with E-state index in [1.54, 1.807) is 30.5 Å². The molecule has 2 aromatic rings. The Morgan fingerprint density at radius 3 is 2.66 bits per heavy atom. The van der Waals surface area contributed by atoms with E-state index < -0.39 is 0 Å². The number of halogens is 1. The summed E-state index contributed by atoms with van der Waals surface area (Å²) in [4.78, 5) is 15.6. The Kier molecular flexibility index (Phi) is 7.27. The van der Waals surface area contributed by atoms with Crippen LogP contribution in [0.1, 0.15) is 11.3 Å². The van der Waals surface area contributed by atoms with Crippen LogP contribution >= 0.6 is 11.3 Å². The lowest BCUT2D eigenvalue weighted by molar-refractivity contribution is 0.172. The Morgan fingerprint density at radius 1 is 1.31 bits per heavy atom. The number of rotatable bonds is 6. The Balaban J connectivity index is 1.48. The summed E-state index contributed by atoms with van der Waals surface area (Å²) >= 11 is 1.64. The molecule has 1 aliphatic heterocycles. The molecule has 0 atom stereocenters. The van der Waals surface area contributed by atoms with E-state index in [0.29, 0.717) is 6.54 Å². The van der Waals surface area contributed by atoms with Crippen molar-refractivity contribution >= 4 is 22.4 Å². The lowest BCUT2D eigenvalue weighted by atomic mass is 10.2. The molecule has 158 valence electrons. The van der Waals surface area contributed by atoms with Crippen molar-refractivity contribution < 1.29 is 9.13 Å². The summed E-state index contributed by atoms with van der Waals surface area (Å²) in [6.07, 6.45) is 0. The van der Waals surface area contributed by atoms with E-state index in [9.17, 15) is 4.39 Å². The highest BCUT2D eigenvalue weighted by Crippen LogP contribution is 2.20. The number of methoxy groups -OCH3 is 1. The van der Waals surface area contributed by atoms with Crippen molar-refractivity contribution in [3.8, 4) is 5.75 Å². The van der Waals surface area contributed by atoms with Crippen LogP contribution in [0.15, 0.2) is 28.6 Å². The molecule has 0 spiro atoms. The van der Waals surface area contributed by atoms with Crippen molar-refractivity contribution in [1.29, 1.82) is 0 Å². The van der Waals surface area contributed by atoms with Gasteiger partial charge in [0, 0.05) is 59.2 Å². The van der Waals surface area contributed by atoms with E-state index in [4.69, 9.17) is 4.74 Å². The second-order valence-electron chi connectivity index (χ2n) is 7.15. The first-order chi connectivity index (χ1) is 14.0. The second kappa shape index (κ2) is 9.89. The molecule has 0 unspecified atom stereocenters. The fourth-order valence-electron chi connectivity index (χ4n) is 3.27. The molecule has 0 bridgehead atoms. The molecule has 9 heteroatoms. The van der Waals surface area contributed by atoms with Gasteiger partial charge >= 0.3 is 0 Å². The van der Waals surface area contributed by atoms with Crippen molar-refractivity contribution in [3.05, 3.63) is 40.7 Å². The fourth-order valence-corrected chi connectivity index (χ4v) is 4.03. The van der Waals surface area contributed by atoms with E-state index in [0.717, 1.165) is 55.1 Å². The van der Waals surface area contributed by atoms with Crippen LogP contribution in [-0.4, -0.2) is 75.2 Å². The Bertz CT molecular complexity index is 832. The van der Waals surface area contributed by atoms with Crippen molar-refractivity contribution in [2.45, 2.75) is 13.1 Å². The summed E-state index contributed by atoms with van der Waals surface area (Å²) in [6.45, 7) is 4.93. The van der Waals surface area contributed by atoms with Gasteiger partial charge in [-0.25, -0.2) is 9.37 Å². The summed E-state index contributed by atoms with van der Waals surface area (Å²) in [5.74, 6) is 0.860. The van der Waals surface area contributed by atoms with Crippen molar-refractivity contribution in [2.75, 3.05) is 59.3 Å². The van der Waals surface area contributed by atoms with Crippen LogP contribution < -0.4 is 15.0 Å². The Hall–Kier alpha value is -2.39. The van der Waals surface area contributed by atoms with Gasteiger partial charge in [0.25, 0.3) is 0 Å². The summed E-state index contributed by atoms with van der Waals surface area (Å²) in [6, 6.07) is 5.17. The molecule has 0 amide bonds. The normalized spacial score (nSPS) is 15.5. The van der Waals surface area contributed by atoms with Gasteiger partial charge < -0.3 is 19.9 Å². The van der Waals surface area contributed by atoms with Crippen LogP contribution in [0, 0.1) is 5.82 Å². The first kappa shape index (κ1) is 21.3. The highest BCUT2D eigenvalue weighted by molar-refractivity contribution is 7.13. The maximum atomic E-state index is 13.9. The zero-order chi connectivity index (χ0) is 20.8. The number of hydrogen-bond donors (Lipinski definition) is 1. The molecule has 1 aliphatic rings. The molecular formula is C20H29FN6OS. The molecule has 0 radical (unpaired) electrons. The van der Waals surface area contributed by atoms with Gasteiger partial charge in [-0.05, 0) is 17.7 Å². The van der Waals surface area contributed by atoms with Gasteiger partial charge in [-0.3, -0.25) is 9.89 Å². The van der Waals surface area contributed by atoms with Crippen LogP contribution in [0.3, 0.4) is 0 Å². The predicted molar refractivity (Wildman–Crippen MR) is 116 cm³/mol. The summed E-state index contributed by atoms with van der Waals surface area (Å²) in [5.41, 5.74) is 1.97. The zero-order valence-electron chi connectivity index (χ0n) is 17.5. The highest BCUT2D eigenvalue weighted by Gasteiger charge is 2.20. The lowest BCUT2D eigenvalue weighted by Crippen LogP contribution is -2.52. The highest BCUT2D eigenvalue weighted by atomic mass is 32.1. The molecule has 1 N–H and O–H groups in total. The van der Waals surface area contributed by atoms with Crippen LogP contribution in [0.25, 0.3) is 0 Å². The lowest BCUT2D eigenvalue weighted by Gasteiger charge is -2.36. The molecule has 2 heterocycles. The van der Waals surface area contributed by atoms with E-state index in [1.165, 1.54) is 7.11 Å². The van der Waals surface area contributed by atoms with Crippen LogP contribution in [0.4, 0.5) is 9.52 Å². The molecular weight excluding hydrogens is 391 g/mol. The SMILES string of the molecule is CN=C(NCc1csc(N(C)C)n1)N1CCN(Cc2ccc(OC)c(F)c2)CC1. The number of nitrogens with zero attached hydrogens (tertiary/aromatic N) is 5. The van der Waals surface area contributed by atoms with Gasteiger partial charge in [-0.1, -0.05) is 6.07 Å². The minimum Gasteiger partial charge on any atom is -0.494 e. The molecule has 7 nitrogen and oxygen atoms in total. The number of aliphatic imine (C=N–C) groups is 1. The molecule has 0 aliphatic carbocycles. The zero-order valence-corrected chi connectivity index (χ0v) is 18.3. The largest absolute Gasteiger partial charge is 0.494 e. The predicted octanol–water partition coefficient (Wildman–Crippen LogP) is 2.25. The number of aromatic nitrogens is 1. The molecule has 3 rings (SSSR count). The van der Waals surface area contributed by atoms with Gasteiger partial charge in [0.05, 0.1) is 19.3 Å². The Morgan fingerprint density at radius 2 is 2.07 bits per heavy atom. The quantitative estimate of drug-likeness (QED) is 0.572. The first-order valence-corrected chi connectivity index (χ1v) is 10.5. The summed E-state index contributed by atoms with van der Waals surface area (Å²) in [5, 5.41) is 6.48. The van der Waals surface area contributed by atoms with Gasteiger partial charge in [-0.15, -0.1) is 11.3 Å². The third kappa shape index (κ3) is 5.57. The van der Waals surface area contributed by atoms with Crippen molar-refractivity contribution in [2.24, 2.45) is 4.99 Å².